The minimum atomic E-state index is 0.270. The molecule has 0 atom stereocenters. The molecule has 1 aromatic rings. The van der Waals surface area contributed by atoms with Gasteiger partial charge in [-0.1, -0.05) is 29.3 Å². The lowest BCUT2D eigenvalue weighted by atomic mass is 10.3. The van der Waals surface area contributed by atoms with E-state index < -0.39 is 0 Å². The van der Waals surface area contributed by atoms with Crippen LogP contribution in [0.3, 0.4) is 0 Å². The first-order valence-corrected chi connectivity index (χ1v) is 3.30. The summed E-state index contributed by atoms with van der Waals surface area (Å²) in [5.74, 6) is 0. The number of nitrogens with zero attached hydrogens (tertiary/aromatic N) is 2. The van der Waals surface area contributed by atoms with Crippen LogP contribution in [0.1, 0.15) is 0 Å². The second-order valence-electron chi connectivity index (χ2n) is 1.67. The summed E-state index contributed by atoms with van der Waals surface area (Å²) < 4.78 is 0. The van der Waals surface area contributed by atoms with Crippen molar-refractivity contribution in [3.63, 3.8) is 0 Å². The summed E-state index contributed by atoms with van der Waals surface area (Å²) in [6.07, 6.45) is 0. The zero-order chi connectivity index (χ0) is 7.56. The predicted octanol–water partition coefficient (Wildman–Crippen LogP) is 3.48. The van der Waals surface area contributed by atoms with Gasteiger partial charge in [-0.3, -0.25) is 0 Å². The zero-order valence-corrected chi connectivity index (χ0v) is 6.39. The maximum absolute atomic E-state index is 8.32. The third-order valence-corrected chi connectivity index (χ3v) is 1.85. The van der Waals surface area contributed by atoms with Crippen LogP contribution in [0.4, 0.5) is 5.69 Å². The van der Waals surface area contributed by atoms with Crippen LogP contribution in [0.25, 0.3) is 4.98 Å². The molecule has 0 aliphatic carbocycles. The van der Waals surface area contributed by atoms with E-state index in [2.05, 4.69) is 4.98 Å². The average molecular weight is 174 g/mol. The first-order valence-electron chi connectivity index (χ1n) is 2.55. The van der Waals surface area contributed by atoms with Crippen molar-refractivity contribution in [2.45, 2.75) is 0 Å². The Morgan fingerprint density at radius 2 is 2.00 bits per heavy atom. The highest BCUT2D eigenvalue weighted by Crippen LogP contribution is 2.31. The molecule has 0 fully saturated rings. The second kappa shape index (κ2) is 2.87. The highest BCUT2D eigenvalue weighted by Gasteiger charge is 2.12. The normalized spacial score (nSPS) is 8.90. The van der Waals surface area contributed by atoms with Gasteiger partial charge in [0, 0.05) is 6.07 Å². The summed E-state index contributed by atoms with van der Waals surface area (Å²) in [5.41, 5.74) is 0.286. The smallest absolute Gasteiger partial charge is 0.0824 e. The summed E-state index contributed by atoms with van der Waals surface area (Å²) in [6.45, 7) is 0. The van der Waals surface area contributed by atoms with E-state index in [0.29, 0.717) is 5.02 Å². The number of rotatable bonds is 0. The van der Waals surface area contributed by atoms with Crippen molar-refractivity contribution in [3.8, 4) is 0 Å². The fourth-order valence-electron chi connectivity index (χ4n) is 0.570. The number of halogens is 2. The Morgan fingerprint density at radius 1 is 1.30 bits per heavy atom. The Balaban J connectivity index is 3.31. The van der Waals surface area contributed by atoms with Gasteiger partial charge in [-0.2, -0.15) is 0 Å². The minimum absolute atomic E-state index is 0.270. The van der Waals surface area contributed by atoms with Gasteiger partial charge in [0.2, 0.25) is 5.39 Å². The van der Waals surface area contributed by atoms with Gasteiger partial charge < -0.3 is 0 Å². The van der Waals surface area contributed by atoms with E-state index in [4.69, 9.17) is 28.6 Å². The molecule has 0 spiro atoms. The molecule has 0 aromatic heterocycles. The van der Waals surface area contributed by atoms with Crippen molar-refractivity contribution in [3.05, 3.63) is 33.2 Å². The van der Waals surface area contributed by atoms with Gasteiger partial charge in [0.25, 0.3) is 0 Å². The van der Waals surface area contributed by atoms with E-state index >= 15 is 0 Å². The molecule has 1 rings (SSSR count). The highest BCUT2D eigenvalue weighted by atomic mass is 35.5. The molecule has 0 amide bonds. The number of diazo groups is 1. The molecule has 50 valence electrons. The van der Waals surface area contributed by atoms with E-state index in [-0.39, 0.29) is 10.7 Å². The van der Waals surface area contributed by atoms with Crippen LogP contribution in [-0.2, 0) is 0 Å². The van der Waals surface area contributed by atoms with Gasteiger partial charge in [-0.15, -0.1) is 0 Å². The average Bonchev–Trinajstić information content (AvgIpc) is 1.95. The van der Waals surface area contributed by atoms with E-state index in [9.17, 15) is 0 Å². The molecular weight excluding hydrogens is 171 g/mol. The largest absolute Gasteiger partial charge is 0.404 e. The highest BCUT2D eigenvalue weighted by molar-refractivity contribution is 6.43. The topological polar surface area (TPSA) is 28.1 Å². The Kier molecular flexibility index (Phi) is 2.10. The molecule has 0 saturated heterocycles. The summed E-state index contributed by atoms with van der Waals surface area (Å²) in [4.78, 5) is 2.91. The Morgan fingerprint density at radius 3 is 2.50 bits per heavy atom. The lowest BCUT2D eigenvalue weighted by molar-refractivity contribution is 1.46. The van der Waals surface area contributed by atoms with Crippen molar-refractivity contribution >= 4 is 28.9 Å². The Hall–Kier alpha value is -0.780. The molecule has 10 heavy (non-hydrogen) atoms. The molecule has 0 aliphatic heterocycles. The molecule has 0 saturated carbocycles. The Labute approximate surface area is 68.0 Å². The molecule has 1 aromatic carbocycles. The van der Waals surface area contributed by atoms with Gasteiger partial charge in [-0.05, 0) is 6.07 Å². The molecule has 0 radical (unpaired) electrons. The third-order valence-electron chi connectivity index (χ3n) is 1.04. The van der Waals surface area contributed by atoms with Crippen LogP contribution in [0.15, 0.2) is 18.2 Å². The molecule has 0 heterocycles. The van der Waals surface area contributed by atoms with Crippen LogP contribution < -0.4 is 0 Å². The zero-order valence-electron chi connectivity index (χ0n) is 4.88. The van der Waals surface area contributed by atoms with Crippen molar-refractivity contribution in [1.29, 1.82) is 5.39 Å². The molecule has 4 heteroatoms. The lowest BCUT2D eigenvalue weighted by Gasteiger charge is -1.86. The van der Waals surface area contributed by atoms with Gasteiger partial charge in [-0.25, -0.2) is 0 Å². The molecule has 0 unspecified atom stereocenters. The summed E-state index contributed by atoms with van der Waals surface area (Å²) >= 11 is 11.2. The second-order valence-corrected chi connectivity index (χ2v) is 2.46. The molecule has 2 nitrogen and oxygen atoms in total. The first-order chi connectivity index (χ1) is 4.75. The van der Waals surface area contributed by atoms with Crippen molar-refractivity contribution < 1.29 is 0 Å². The third kappa shape index (κ3) is 1.21. The van der Waals surface area contributed by atoms with Crippen LogP contribution in [0, 0.1) is 5.39 Å². The van der Waals surface area contributed by atoms with Crippen molar-refractivity contribution in [1.82, 2.24) is 0 Å². The maximum atomic E-state index is 8.32. The minimum Gasteiger partial charge on any atom is -0.0824 e. The molecule has 0 N–H and O–H groups in total. The van der Waals surface area contributed by atoms with Crippen molar-refractivity contribution in [2.24, 2.45) is 0 Å². The molecule has 0 aliphatic rings. The van der Waals surface area contributed by atoms with Crippen LogP contribution in [0.5, 0.6) is 0 Å². The van der Waals surface area contributed by atoms with Crippen LogP contribution in [-0.4, -0.2) is 0 Å². The summed E-state index contributed by atoms with van der Waals surface area (Å²) in [5, 5.41) is 8.98. The SMILES string of the molecule is N#[N+]c1cccc(Cl)c1Cl. The number of benzene rings is 1. The van der Waals surface area contributed by atoms with E-state index in [0.717, 1.165) is 0 Å². The number of hydrogen-bond acceptors (Lipinski definition) is 1. The monoisotopic (exact) mass is 173 g/mol. The van der Waals surface area contributed by atoms with Crippen LogP contribution >= 0.6 is 23.2 Å². The van der Waals surface area contributed by atoms with Gasteiger partial charge >= 0.3 is 5.69 Å². The standard InChI is InChI=1S/C6H3Cl2N2/c7-4-2-1-3-5(10-9)6(4)8/h1-3H/q+1. The van der Waals surface area contributed by atoms with E-state index in [1.165, 1.54) is 0 Å². The summed E-state index contributed by atoms with van der Waals surface area (Å²) in [6, 6.07) is 4.84. The van der Waals surface area contributed by atoms with Gasteiger partial charge in [0.05, 0.1) is 5.02 Å². The molecule has 0 bridgehead atoms. The number of hydrogen-bond donors (Lipinski definition) is 0. The van der Waals surface area contributed by atoms with Gasteiger partial charge in [0.1, 0.15) is 0 Å². The first kappa shape index (κ1) is 7.33. The Bertz CT molecular complexity index is 290. The maximum Gasteiger partial charge on any atom is 0.404 e. The fraction of sp³-hybridized carbons (Fsp3) is 0. The molecular formula is C6H3Cl2N2+. The van der Waals surface area contributed by atoms with E-state index in [1.54, 1.807) is 18.2 Å². The summed E-state index contributed by atoms with van der Waals surface area (Å²) in [7, 11) is 0. The lowest BCUT2D eigenvalue weighted by Crippen LogP contribution is -1.66. The van der Waals surface area contributed by atoms with Crippen LogP contribution in [0.2, 0.25) is 10.0 Å². The van der Waals surface area contributed by atoms with Gasteiger partial charge in [0.15, 0.2) is 10.00 Å². The fourth-order valence-corrected chi connectivity index (χ4v) is 0.903. The predicted molar refractivity (Wildman–Crippen MR) is 41.2 cm³/mol. The van der Waals surface area contributed by atoms with E-state index in [1.807, 2.05) is 0 Å². The quantitative estimate of drug-likeness (QED) is 0.553. The van der Waals surface area contributed by atoms with Crippen molar-refractivity contribution in [2.75, 3.05) is 0 Å².